The highest BCUT2D eigenvalue weighted by Crippen LogP contribution is 2.22. The summed E-state index contributed by atoms with van der Waals surface area (Å²) in [5, 5.41) is 0. The number of hydrogen-bond acceptors (Lipinski definition) is 9. The average molecular weight is 556 g/mol. The van der Waals surface area contributed by atoms with Crippen molar-refractivity contribution < 1.29 is 38.1 Å². The molecule has 2 rings (SSSR count). The second-order valence-corrected chi connectivity index (χ2v) is 11.8. The fourth-order valence-corrected chi connectivity index (χ4v) is 3.22. The zero-order valence-corrected chi connectivity index (χ0v) is 24.4. The minimum atomic E-state index is -0.900. The molecule has 2 atom stereocenters. The molecule has 2 aromatic carbocycles. The fraction of sp³-hybridized carbons (Fsp3) is 0.484. The topological polar surface area (TPSA) is 131 Å². The highest BCUT2D eigenvalue weighted by molar-refractivity contribution is 5.78. The van der Waals surface area contributed by atoms with Gasteiger partial charge in [-0.1, -0.05) is 31.2 Å². The Balaban J connectivity index is 1.71. The molecule has 2 aromatic rings. The van der Waals surface area contributed by atoms with E-state index in [1.165, 1.54) is 0 Å². The molecule has 0 spiro atoms. The Morgan fingerprint density at radius 2 is 1.02 bits per heavy atom. The smallest absolute Gasteiger partial charge is 0.323 e. The Labute approximate surface area is 236 Å². The number of rotatable bonds is 11. The molecule has 40 heavy (non-hydrogen) atoms. The molecule has 0 aliphatic carbocycles. The van der Waals surface area contributed by atoms with Crippen LogP contribution in [0.5, 0.6) is 11.5 Å². The lowest BCUT2D eigenvalue weighted by Crippen LogP contribution is -2.35. The number of carbonyl (C=O) groups excluding carboxylic acids is 4. The van der Waals surface area contributed by atoms with Crippen molar-refractivity contribution in [1.29, 1.82) is 0 Å². The quantitative estimate of drug-likeness (QED) is 0.243. The Kier molecular flexibility index (Phi) is 11.4. The molecule has 2 N–H and O–H groups in total. The molecule has 0 saturated heterocycles. The van der Waals surface area contributed by atoms with Gasteiger partial charge in [-0.15, -0.1) is 0 Å². The summed E-state index contributed by atoms with van der Waals surface area (Å²) in [5.41, 5.74) is 6.41. The van der Waals surface area contributed by atoms with Crippen LogP contribution in [-0.2, 0) is 41.5 Å². The maximum Gasteiger partial charge on any atom is 0.323 e. The molecule has 0 aliphatic heterocycles. The first-order valence-corrected chi connectivity index (χ1v) is 13.3. The molecule has 218 valence electrons. The molecule has 0 heterocycles. The highest BCUT2D eigenvalue weighted by Gasteiger charge is 2.25. The lowest BCUT2D eigenvalue weighted by molar-refractivity contribution is -0.155. The van der Waals surface area contributed by atoms with Crippen molar-refractivity contribution in [3.05, 3.63) is 59.7 Å². The molecular weight excluding hydrogens is 514 g/mol. The number of nitrogens with two attached hydrogens (primary N) is 1. The van der Waals surface area contributed by atoms with Crippen molar-refractivity contribution in [2.75, 3.05) is 13.2 Å². The molecule has 0 radical (unpaired) electrons. The lowest BCUT2D eigenvalue weighted by atomic mass is 9.97. The zero-order chi connectivity index (χ0) is 30.1. The van der Waals surface area contributed by atoms with Gasteiger partial charge >= 0.3 is 23.9 Å². The van der Waals surface area contributed by atoms with E-state index in [-0.39, 0.29) is 31.6 Å². The molecule has 0 amide bonds. The van der Waals surface area contributed by atoms with Gasteiger partial charge in [-0.3, -0.25) is 19.2 Å². The van der Waals surface area contributed by atoms with Crippen molar-refractivity contribution in [2.45, 2.75) is 67.3 Å². The maximum atomic E-state index is 12.4. The van der Waals surface area contributed by atoms with E-state index in [1.54, 1.807) is 97.0 Å². The first kappa shape index (κ1) is 32.5. The summed E-state index contributed by atoms with van der Waals surface area (Å²) in [6.45, 7) is 12.2. The third-order valence-corrected chi connectivity index (χ3v) is 5.77. The average Bonchev–Trinajstić information content (AvgIpc) is 2.87. The molecule has 0 aromatic heterocycles. The standard InChI is InChI=1S/C31H41NO8/c1-20(18-21-8-12-23(13-9-21)39-28(35)30(2,3)4)26(33)37-16-17-38-27(34)25(32)19-22-10-14-24(15-11-22)40-29(36)31(5,6)7/h8-15,20,25H,16-19,32H2,1-7H3. The summed E-state index contributed by atoms with van der Waals surface area (Å²) < 4.78 is 21.1. The van der Waals surface area contributed by atoms with Gasteiger partial charge in [0.15, 0.2) is 0 Å². The van der Waals surface area contributed by atoms with E-state index in [9.17, 15) is 19.2 Å². The number of ether oxygens (including phenoxy) is 4. The number of esters is 4. The van der Waals surface area contributed by atoms with E-state index >= 15 is 0 Å². The second kappa shape index (κ2) is 14.1. The Morgan fingerprint density at radius 1 is 0.650 bits per heavy atom. The lowest BCUT2D eigenvalue weighted by Gasteiger charge is -2.17. The summed E-state index contributed by atoms with van der Waals surface area (Å²) in [4.78, 5) is 48.6. The van der Waals surface area contributed by atoms with Gasteiger partial charge < -0.3 is 24.7 Å². The van der Waals surface area contributed by atoms with Gasteiger partial charge in [0.25, 0.3) is 0 Å². The number of benzene rings is 2. The zero-order valence-electron chi connectivity index (χ0n) is 24.4. The van der Waals surface area contributed by atoms with Gasteiger partial charge in [0.2, 0.25) is 0 Å². The van der Waals surface area contributed by atoms with Crippen LogP contribution in [-0.4, -0.2) is 43.1 Å². The molecule has 9 heteroatoms. The summed E-state index contributed by atoms with van der Waals surface area (Å²) >= 11 is 0. The molecule has 9 nitrogen and oxygen atoms in total. The van der Waals surface area contributed by atoms with Gasteiger partial charge in [-0.05, 0) is 89.8 Å². The molecule has 0 saturated carbocycles. The molecule has 0 fully saturated rings. The van der Waals surface area contributed by atoms with Gasteiger partial charge in [-0.2, -0.15) is 0 Å². The van der Waals surface area contributed by atoms with Crippen molar-refractivity contribution >= 4 is 23.9 Å². The molecule has 2 unspecified atom stereocenters. The van der Waals surface area contributed by atoms with E-state index < -0.39 is 34.7 Å². The third-order valence-electron chi connectivity index (χ3n) is 5.77. The van der Waals surface area contributed by atoms with E-state index in [0.717, 1.165) is 11.1 Å². The van der Waals surface area contributed by atoms with Crippen molar-refractivity contribution in [2.24, 2.45) is 22.5 Å². The minimum Gasteiger partial charge on any atom is -0.462 e. The molecular formula is C31H41NO8. The van der Waals surface area contributed by atoms with Crippen LogP contribution in [0.15, 0.2) is 48.5 Å². The van der Waals surface area contributed by atoms with Crippen LogP contribution < -0.4 is 15.2 Å². The maximum absolute atomic E-state index is 12.4. The predicted octanol–water partition coefficient (Wildman–Crippen LogP) is 4.42. The Bertz CT molecular complexity index is 1060. The van der Waals surface area contributed by atoms with Crippen molar-refractivity contribution in [1.82, 2.24) is 0 Å². The van der Waals surface area contributed by atoms with Crippen LogP contribution in [0.2, 0.25) is 0 Å². The monoisotopic (exact) mass is 555 g/mol. The van der Waals surface area contributed by atoms with E-state index in [0.29, 0.717) is 17.9 Å². The fourth-order valence-electron chi connectivity index (χ4n) is 3.22. The van der Waals surface area contributed by atoms with Crippen LogP contribution in [0.3, 0.4) is 0 Å². The van der Waals surface area contributed by atoms with E-state index in [2.05, 4.69) is 0 Å². The summed E-state index contributed by atoms with van der Waals surface area (Å²) in [7, 11) is 0. The second-order valence-electron chi connectivity index (χ2n) is 11.8. The first-order valence-electron chi connectivity index (χ1n) is 13.3. The number of hydrogen-bond donors (Lipinski definition) is 1. The van der Waals surface area contributed by atoms with Gasteiger partial charge in [0, 0.05) is 0 Å². The van der Waals surface area contributed by atoms with E-state index in [1.807, 2.05) is 0 Å². The number of carbonyl (C=O) groups is 4. The van der Waals surface area contributed by atoms with Crippen LogP contribution in [0.25, 0.3) is 0 Å². The van der Waals surface area contributed by atoms with Gasteiger partial charge in [0.05, 0.1) is 16.7 Å². The summed E-state index contributed by atoms with van der Waals surface area (Å²) in [5.74, 6) is -1.27. The van der Waals surface area contributed by atoms with Crippen LogP contribution in [0.1, 0.15) is 59.6 Å². The van der Waals surface area contributed by atoms with E-state index in [4.69, 9.17) is 24.7 Å². The Hall–Kier alpha value is -3.72. The van der Waals surface area contributed by atoms with Crippen LogP contribution in [0.4, 0.5) is 0 Å². The van der Waals surface area contributed by atoms with Gasteiger partial charge in [-0.25, -0.2) is 0 Å². The highest BCUT2D eigenvalue weighted by atomic mass is 16.6. The summed E-state index contributed by atoms with van der Waals surface area (Å²) in [6.07, 6.45) is 0.669. The van der Waals surface area contributed by atoms with Crippen molar-refractivity contribution in [3.63, 3.8) is 0 Å². The normalized spacial score (nSPS) is 13.1. The molecule has 0 bridgehead atoms. The van der Waals surface area contributed by atoms with Crippen molar-refractivity contribution in [3.8, 4) is 11.5 Å². The molecule has 0 aliphatic rings. The SMILES string of the molecule is CC(Cc1ccc(OC(=O)C(C)(C)C)cc1)C(=O)OCCOC(=O)C(N)Cc1ccc(OC(=O)C(C)(C)C)cc1. The largest absolute Gasteiger partial charge is 0.462 e. The predicted molar refractivity (Wildman–Crippen MR) is 150 cm³/mol. The first-order chi connectivity index (χ1) is 18.6. The third kappa shape index (κ3) is 10.8. The summed E-state index contributed by atoms with van der Waals surface area (Å²) in [6, 6.07) is 12.8. The van der Waals surface area contributed by atoms with Crippen LogP contribution in [0, 0.1) is 16.7 Å². The van der Waals surface area contributed by atoms with Gasteiger partial charge in [0.1, 0.15) is 30.8 Å². The minimum absolute atomic E-state index is 0.0861. The Morgan fingerprint density at radius 3 is 1.43 bits per heavy atom. The van der Waals surface area contributed by atoms with Crippen LogP contribution >= 0.6 is 0 Å².